The van der Waals surface area contributed by atoms with Gasteiger partial charge in [0.1, 0.15) is 0 Å². The highest BCUT2D eigenvalue weighted by Crippen LogP contribution is 2.14. The quantitative estimate of drug-likeness (QED) is 0.559. The molecule has 12 heavy (non-hydrogen) atoms. The average molecular weight is 164 g/mol. The van der Waals surface area contributed by atoms with Crippen LogP contribution in [0.4, 0.5) is 0 Å². The van der Waals surface area contributed by atoms with Gasteiger partial charge in [0.15, 0.2) is 15.7 Å². The fraction of sp³-hybridized carbons (Fsp3) is 0.571. The van der Waals surface area contributed by atoms with Crippen LogP contribution in [0.1, 0.15) is 25.3 Å². The van der Waals surface area contributed by atoms with Crippen LogP contribution in [0, 0.1) is 0 Å². The van der Waals surface area contributed by atoms with Gasteiger partial charge < -0.3 is 5.11 Å². The monoisotopic (exact) mass is 164 g/mol. The molecule has 0 radical (unpaired) electrons. The zero-order chi connectivity index (χ0) is 9.35. The summed E-state index contributed by atoms with van der Waals surface area (Å²) >= 11 is 0. The van der Waals surface area contributed by atoms with Gasteiger partial charge >= 0.3 is 0 Å². The second-order valence-corrected chi connectivity index (χ2v) is 3.87. The number of nitrogens with zero attached hydrogens (tertiary/aromatic N) is 2. The molecule has 0 atom stereocenters. The maximum absolute atomic E-state index is 9.58. The van der Waals surface area contributed by atoms with Crippen LogP contribution in [0.15, 0.2) is 12.4 Å². The zero-order valence-electron chi connectivity index (χ0n) is 8.07. The summed E-state index contributed by atoms with van der Waals surface area (Å²) in [4.78, 5) is 0. The van der Waals surface area contributed by atoms with Crippen LogP contribution in [0.5, 0.6) is 0 Å². The van der Waals surface area contributed by atoms with E-state index in [0.29, 0.717) is 5.92 Å². The largest absolute Gasteiger partial charge is 0.386 e. The second-order valence-electron chi connectivity index (χ2n) is 3.87. The van der Waals surface area contributed by atoms with Gasteiger partial charge in [0, 0.05) is 6.20 Å². The molecule has 1 aromatic heterocycles. The second kappa shape index (κ2) is 2.98. The Balaban J connectivity index is 2.92. The fourth-order valence-electron chi connectivity index (χ4n) is 0.934. The number of aliphatic hydroxyl groups is 1. The smallest absolute Gasteiger partial charge is 0.159 e. The number of hydrogen-bond acceptors (Lipinski definition) is 2. The molecule has 0 saturated carbocycles. The molecule has 0 aliphatic rings. The molecule has 0 bridgehead atoms. The van der Waals surface area contributed by atoms with Crippen molar-refractivity contribution in [2.24, 2.45) is 0 Å². The third-order valence-corrected chi connectivity index (χ3v) is 1.83. The lowest BCUT2D eigenvalue weighted by Crippen LogP contribution is -2.34. The highest BCUT2D eigenvalue weighted by Gasteiger charge is 2.16. The van der Waals surface area contributed by atoms with E-state index >= 15 is 0 Å². The minimum Gasteiger partial charge on any atom is -0.386 e. The molecule has 1 aromatic rings. The van der Waals surface area contributed by atoms with E-state index in [9.17, 15) is 5.11 Å². The summed E-state index contributed by atoms with van der Waals surface area (Å²) in [6.45, 7) is 4.21. The normalized spacial score (nSPS) is 12.3. The molecule has 1 heterocycles. The molecular formula is C7H14B2N2O. The summed E-state index contributed by atoms with van der Waals surface area (Å²) in [6, 6.07) is 0. The molecule has 0 saturated heterocycles. The summed E-state index contributed by atoms with van der Waals surface area (Å²) in [5.41, 5.74) is 0.254. The van der Waals surface area contributed by atoms with Crippen molar-refractivity contribution < 1.29 is 5.11 Å². The lowest BCUT2D eigenvalue weighted by atomic mass is 9.73. The standard InChI is InChI=1S/C7H14B2N2O/c1-5(2)6-3-10-11(4-6)7(8,9)12/h3-5,12H,8-9H2,1-2H3. The van der Waals surface area contributed by atoms with Crippen molar-refractivity contribution in [2.45, 2.75) is 25.3 Å². The van der Waals surface area contributed by atoms with Crippen LogP contribution in [0.3, 0.4) is 0 Å². The molecule has 0 spiro atoms. The number of hydrogen-bond donors (Lipinski definition) is 1. The number of rotatable bonds is 2. The van der Waals surface area contributed by atoms with E-state index in [1.165, 1.54) is 0 Å². The Morgan fingerprint density at radius 3 is 2.42 bits per heavy atom. The lowest BCUT2D eigenvalue weighted by Gasteiger charge is -2.17. The Morgan fingerprint density at radius 1 is 1.58 bits per heavy atom. The van der Waals surface area contributed by atoms with Crippen molar-refractivity contribution in [3.63, 3.8) is 0 Å². The van der Waals surface area contributed by atoms with Gasteiger partial charge in [-0.3, -0.25) is 4.68 Å². The maximum atomic E-state index is 9.58. The van der Waals surface area contributed by atoms with E-state index in [1.54, 1.807) is 26.6 Å². The van der Waals surface area contributed by atoms with Gasteiger partial charge in [0.05, 0.1) is 11.7 Å². The van der Waals surface area contributed by atoms with Crippen LogP contribution >= 0.6 is 0 Å². The van der Waals surface area contributed by atoms with Gasteiger partial charge in [-0.05, 0) is 11.5 Å². The van der Waals surface area contributed by atoms with Crippen LogP contribution in [0.2, 0.25) is 0 Å². The van der Waals surface area contributed by atoms with E-state index in [-0.39, 0.29) is 0 Å². The first-order valence-electron chi connectivity index (χ1n) is 4.18. The summed E-state index contributed by atoms with van der Waals surface area (Å²) < 4.78 is 1.57. The molecule has 0 amide bonds. The van der Waals surface area contributed by atoms with Gasteiger partial charge in [-0.2, -0.15) is 5.10 Å². The first-order chi connectivity index (χ1) is 5.41. The summed E-state index contributed by atoms with van der Waals surface area (Å²) in [7, 11) is 3.42. The molecule has 64 valence electrons. The van der Waals surface area contributed by atoms with Crippen molar-refractivity contribution in [1.82, 2.24) is 9.78 Å². The van der Waals surface area contributed by atoms with Gasteiger partial charge in [0.2, 0.25) is 0 Å². The van der Waals surface area contributed by atoms with E-state index < -0.39 is 5.52 Å². The predicted octanol–water partition coefficient (Wildman–Crippen LogP) is -1.17. The average Bonchev–Trinajstić information content (AvgIpc) is 2.30. The third kappa shape index (κ3) is 1.91. The maximum Gasteiger partial charge on any atom is 0.159 e. The molecule has 0 fully saturated rings. The SMILES string of the molecule is BC(B)(O)n1cc(C(C)C)cn1. The first kappa shape index (κ1) is 9.39. The minimum absolute atomic E-state index is 0.459. The molecule has 1 N–H and O–H groups in total. The van der Waals surface area contributed by atoms with Crippen molar-refractivity contribution >= 4 is 15.7 Å². The summed E-state index contributed by atoms with van der Waals surface area (Å²) in [5.74, 6) is 0.459. The summed E-state index contributed by atoms with van der Waals surface area (Å²) in [6.07, 6.45) is 3.67. The van der Waals surface area contributed by atoms with Crippen molar-refractivity contribution in [3.8, 4) is 0 Å². The molecule has 0 unspecified atom stereocenters. The van der Waals surface area contributed by atoms with Crippen LogP contribution < -0.4 is 0 Å². The fourth-order valence-corrected chi connectivity index (χ4v) is 0.934. The highest BCUT2D eigenvalue weighted by molar-refractivity contribution is 6.36. The van der Waals surface area contributed by atoms with E-state index in [4.69, 9.17) is 0 Å². The van der Waals surface area contributed by atoms with E-state index in [2.05, 4.69) is 18.9 Å². The van der Waals surface area contributed by atoms with Crippen LogP contribution in [-0.4, -0.2) is 30.6 Å². The van der Waals surface area contributed by atoms with Gasteiger partial charge in [-0.25, -0.2) is 0 Å². The Kier molecular flexibility index (Phi) is 2.33. The molecular weight excluding hydrogens is 150 g/mol. The topological polar surface area (TPSA) is 38.0 Å². The van der Waals surface area contributed by atoms with E-state index in [0.717, 1.165) is 5.56 Å². The molecule has 0 aromatic carbocycles. The molecule has 5 heteroatoms. The Morgan fingerprint density at radius 2 is 2.17 bits per heavy atom. The number of aromatic nitrogens is 2. The van der Waals surface area contributed by atoms with Crippen molar-refractivity contribution in [3.05, 3.63) is 18.0 Å². The van der Waals surface area contributed by atoms with Gasteiger partial charge in [0.25, 0.3) is 0 Å². The molecule has 3 nitrogen and oxygen atoms in total. The van der Waals surface area contributed by atoms with Gasteiger partial charge in [-0.1, -0.05) is 13.8 Å². The molecule has 1 rings (SSSR count). The first-order valence-corrected chi connectivity index (χ1v) is 4.18. The van der Waals surface area contributed by atoms with Crippen molar-refractivity contribution in [2.75, 3.05) is 0 Å². The predicted molar refractivity (Wildman–Crippen MR) is 53.6 cm³/mol. The molecule has 0 aliphatic carbocycles. The Hall–Kier alpha value is -0.700. The third-order valence-electron chi connectivity index (χ3n) is 1.83. The summed E-state index contributed by atoms with van der Waals surface area (Å²) in [5, 5.41) is 13.7. The molecule has 0 aliphatic heterocycles. The Bertz CT molecular complexity index is 265. The van der Waals surface area contributed by atoms with Crippen LogP contribution in [0.25, 0.3) is 0 Å². The van der Waals surface area contributed by atoms with Gasteiger partial charge in [-0.15, -0.1) is 0 Å². The lowest BCUT2D eigenvalue weighted by molar-refractivity contribution is 0.126. The zero-order valence-corrected chi connectivity index (χ0v) is 8.07. The minimum atomic E-state index is -0.896. The van der Waals surface area contributed by atoms with E-state index in [1.807, 2.05) is 6.20 Å². The van der Waals surface area contributed by atoms with Crippen molar-refractivity contribution in [1.29, 1.82) is 0 Å². The Labute approximate surface area is 74.6 Å². The van der Waals surface area contributed by atoms with Crippen LogP contribution in [-0.2, 0) is 5.52 Å². The highest BCUT2D eigenvalue weighted by atomic mass is 16.3.